The number of pyridine rings is 1. The molecule has 0 unspecified atom stereocenters. The van der Waals surface area contributed by atoms with Crippen molar-refractivity contribution in [1.29, 1.82) is 0 Å². The molecule has 0 spiro atoms. The number of aromatic carboxylic acids is 1. The molecule has 1 aromatic heterocycles. The maximum absolute atomic E-state index is 10.8. The first-order chi connectivity index (χ1) is 8.00. The molecule has 4 nitrogen and oxygen atoms in total. The van der Waals surface area contributed by atoms with Gasteiger partial charge in [-0.05, 0) is 37.3 Å². The van der Waals surface area contributed by atoms with E-state index in [2.05, 4.69) is 17.2 Å². The van der Waals surface area contributed by atoms with Crippen molar-refractivity contribution >= 4 is 11.8 Å². The minimum absolute atomic E-state index is 0.269. The third-order valence-electron chi connectivity index (χ3n) is 3.57. The summed E-state index contributed by atoms with van der Waals surface area (Å²) in [5, 5.41) is 12.2. The molecular formula is C13H18N2O2. The summed E-state index contributed by atoms with van der Waals surface area (Å²) in [5.74, 6) is -0.159. The third kappa shape index (κ3) is 2.57. The zero-order valence-electron chi connectivity index (χ0n) is 10.3. The highest BCUT2D eigenvalue weighted by atomic mass is 16.4. The van der Waals surface area contributed by atoms with Crippen LogP contribution < -0.4 is 5.32 Å². The summed E-state index contributed by atoms with van der Waals surface area (Å²) >= 11 is 0. The van der Waals surface area contributed by atoms with E-state index >= 15 is 0 Å². The van der Waals surface area contributed by atoms with Gasteiger partial charge in [0.15, 0.2) is 0 Å². The van der Waals surface area contributed by atoms with Gasteiger partial charge in [-0.25, -0.2) is 9.78 Å². The van der Waals surface area contributed by atoms with Crippen LogP contribution in [0.15, 0.2) is 12.1 Å². The number of nitrogens with one attached hydrogen (secondary N) is 1. The number of aromatic nitrogens is 1. The molecule has 92 valence electrons. The average Bonchev–Trinajstić information content (AvgIpc) is 2.23. The van der Waals surface area contributed by atoms with E-state index in [-0.39, 0.29) is 5.56 Å². The fourth-order valence-electron chi connectivity index (χ4n) is 2.15. The lowest BCUT2D eigenvalue weighted by molar-refractivity contribution is 0.0695. The van der Waals surface area contributed by atoms with Crippen LogP contribution in [0.5, 0.6) is 0 Å². The number of hydrogen-bond acceptors (Lipinski definition) is 3. The number of hydrogen-bond donors (Lipinski definition) is 2. The molecule has 1 aromatic rings. The van der Waals surface area contributed by atoms with E-state index in [0.717, 1.165) is 12.4 Å². The number of carboxylic acid groups (broad SMARTS) is 1. The van der Waals surface area contributed by atoms with E-state index in [9.17, 15) is 4.79 Å². The summed E-state index contributed by atoms with van der Waals surface area (Å²) < 4.78 is 0. The Morgan fingerprint density at radius 3 is 2.71 bits per heavy atom. The van der Waals surface area contributed by atoms with Crippen LogP contribution in [0.3, 0.4) is 0 Å². The van der Waals surface area contributed by atoms with Gasteiger partial charge in [0.05, 0.1) is 11.3 Å². The van der Waals surface area contributed by atoms with Gasteiger partial charge in [-0.1, -0.05) is 13.3 Å². The van der Waals surface area contributed by atoms with E-state index in [0.29, 0.717) is 11.1 Å². The molecule has 0 aromatic carbocycles. The van der Waals surface area contributed by atoms with Crippen molar-refractivity contribution in [3.05, 3.63) is 23.4 Å². The highest BCUT2D eigenvalue weighted by Gasteiger charge is 2.31. The Bertz CT molecular complexity index is 439. The standard InChI is InChI=1S/C13H18N2O2/c1-9-10(12(16)17)4-5-11(15-9)14-8-13(2)6-3-7-13/h4-5H,3,6-8H2,1-2H3,(H,14,15)(H,16,17). The van der Waals surface area contributed by atoms with Crippen LogP contribution in [0, 0.1) is 12.3 Å². The second-order valence-electron chi connectivity index (χ2n) is 5.15. The van der Waals surface area contributed by atoms with Crippen molar-refractivity contribution in [2.75, 3.05) is 11.9 Å². The predicted molar refractivity (Wildman–Crippen MR) is 66.4 cm³/mol. The van der Waals surface area contributed by atoms with Gasteiger partial charge in [-0.2, -0.15) is 0 Å². The molecule has 17 heavy (non-hydrogen) atoms. The van der Waals surface area contributed by atoms with Crippen LogP contribution in [0.1, 0.15) is 42.2 Å². The molecule has 0 atom stereocenters. The molecule has 1 saturated carbocycles. The second kappa shape index (κ2) is 4.35. The number of carboxylic acids is 1. The molecule has 0 aliphatic heterocycles. The molecule has 0 bridgehead atoms. The quantitative estimate of drug-likeness (QED) is 0.840. The van der Waals surface area contributed by atoms with Gasteiger partial charge < -0.3 is 10.4 Å². The molecule has 1 fully saturated rings. The van der Waals surface area contributed by atoms with Gasteiger partial charge >= 0.3 is 5.97 Å². The third-order valence-corrected chi connectivity index (χ3v) is 3.57. The van der Waals surface area contributed by atoms with Gasteiger partial charge in [0.25, 0.3) is 0 Å². The van der Waals surface area contributed by atoms with Crippen molar-refractivity contribution < 1.29 is 9.90 Å². The van der Waals surface area contributed by atoms with Crippen LogP contribution in [0.4, 0.5) is 5.82 Å². The second-order valence-corrected chi connectivity index (χ2v) is 5.15. The highest BCUT2D eigenvalue weighted by molar-refractivity contribution is 5.89. The summed E-state index contributed by atoms with van der Waals surface area (Å²) in [7, 11) is 0. The molecule has 1 aliphatic carbocycles. The van der Waals surface area contributed by atoms with E-state index in [1.807, 2.05) is 0 Å². The minimum Gasteiger partial charge on any atom is -0.478 e. The van der Waals surface area contributed by atoms with E-state index in [1.54, 1.807) is 19.1 Å². The maximum atomic E-state index is 10.8. The van der Waals surface area contributed by atoms with Crippen molar-refractivity contribution in [3.8, 4) is 0 Å². The first kappa shape index (κ1) is 11.9. The molecule has 1 aliphatic rings. The molecule has 4 heteroatoms. The Balaban J connectivity index is 2.02. The van der Waals surface area contributed by atoms with Gasteiger partial charge in [0.1, 0.15) is 5.82 Å². The summed E-state index contributed by atoms with van der Waals surface area (Å²) in [6.45, 7) is 4.90. The van der Waals surface area contributed by atoms with Crippen molar-refractivity contribution in [2.45, 2.75) is 33.1 Å². The topological polar surface area (TPSA) is 62.2 Å². The van der Waals surface area contributed by atoms with Crippen LogP contribution >= 0.6 is 0 Å². The van der Waals surface area contributed by atoms with E-state index in [4.69, 9.17) is 5.11 Å². The number of nitrogens with zero attached hydrogens (tertiary/aromatic N) is 1. The van der Waals surface area contributed by atoms with Gasteiger partial charge in [-0.3, -0.25) is 0 Å². The van der Waals surface area contributed by atoms with E-state index in [1.165, 1.54) is 19.3 Å². The molecule has 0 amide bonds. The summed E-state index contributed by atoms with van der Waals surface area (Å²) in [6, 6.07) is 3.34. The fourth-order valence-corrected chi connectivity index (χ4v) is 2.15. The Hall–Kier alpha value is -1.58. The zero-order chi connectivity index (χ0) is 12.5. The summed E-state index contributed by atoms with van der Waals surface area (Å²) in [5.41, 5.74) is 1.22. The Morgan fingerprint density at radius 2 is 2.24 bits per heavy atom. The normalized spacial score (nSPS) is 17.3. The lowest BCUT2D eigenvalue weighted by Crippen LogP contribution is -2.33. The smallest absolute Gasteiger partial charge is 0.337 e. The van der Waals surface area contributed by atoms with Crippen LogP contribution in [0.25, 0.3) is 0 Å². The Labute approximate surface area is 101 Å². The number of rotatable bonds is 4. The number of aryl methyl sites for hydroxylation is 1. The van der Waals surface area contributed by atoms with Crippen LogP contribution in [-0.4, -0.2) is 22.6 Å². The molecule has 1 heterocycles. The van der Waals surface area contributed by atoms with Crippen LogP contribution in [-0.2, 0) is 0 Å². The van der Waals surface area contributed by atoms with Crippen LogP contribution in [0.2, 0.25) is 0 Å². The lowest BCUT2D eigenvalue weighted by atomic mass is 9.70. The van der Waals surface area contributed by atoms with E-state index < -0.39 is 5.97 Å². The Morgan fingerprint density at radius 1 is 1.53 bits per heavy atom. The molecule has 2 rings (SSSR count). The van der Waals surface area contributed by atoms with Crippen molar-refractivity contribution in [2.24, 2.45) is 5.41 Å². The highest BCUT2D eigenvalue weighted by Crippen LogP contribution is 2.40. The zero-order valence-corrected chi connectivity index (χ0v) is 10.3. The largest absolute Gasteiger partial charge is 0.478 e. The molecular weight excluding hydrogens is 216 g/mol. The monoisotopic (exact) mass is 234 g/mol. The molecule has 2 N–H and O–H groups in total. The van der Waals surface area contributed by atoms with Crippen molar-refractivity contribution in [1.82, 2.24) is 4.98 Å². The first-order valence-corrected chi connectivity index (χ1v) is 5.95. The summed E-state index contributed by atoms with van der Waals surface area (Å²) in [4.78, 5) is 15.1. The number of anilines is 1. The first-order valence-electron chi connectivity index (χ1n) is 5.95. The predicted octanol–water partition coefficient (Wildman–Crippen LogP) is 2.69. The lowest BCUT2D eigenvalue weighted by Gasteiger charge is -2.38. The van der Waals surface area contributed by atoms with Crippen molar-refractivity contribution in [3.63, 3.8) is 0 Å². The maximum Gasteiger partial charge on any atom is 0.337 e. The summed E-state index contributed by atoms with van der Waals surface area (Å²) in [6.07, 6.45) is 3.82. The SMILES string of the molecule is Cc1nc(NCC2(C)CCC2)ccc1C(=O)O. The molecule has 0 saturated heterocycles. The fraction of sp³-hybridized carbons (Fsp3) is 0.538. The minimum atomic E-state index is -0.924. The van der Waals surface area contributed by atoms with Gasteiger partial charge in [-0.15, -0.1) is 0 Å². The average molecular weight is 234 g/mol. The van der Waals surface area contributed by atoms with Gasteiger partial charge in [0, 0.05) is 6.54 Å². The number of carbonyl (C=O) groups is 1. The Kier molecular flexibility index (Phi) is 3.05. The van der Waals surface area contributed by atoms with Gasteiger partial charge in [0.2, 0.25) is 0 Å². The molecule has 0 radical (unpaired) electrons.